The minimum Gasteiger partial charge on any atom is -0.133 e. The Morgan fingerprint density at radius 3 is 2.27 bits per heavy atom. The molecule has 0 aliphatic heterocycles. The summed E-state index contributed by atoms with van der Waals surface area (Å²) in [6.07, 6.45) is 1.00. The lowest BCUT2D eigenvalue weighted by Crippen LogP contribution is -1.85. The average Bonchev–Trinajstić information content (AvgIpc) is 2.30. The summed E-state index contributed by atoms with van der Waals surface area (Å²) in [4.78, 5) is 0. The molecular weight excluding hydrogens is 199 g/mol. The molecule has 0 N–H and O–H groups in total. The predicted molar refractivity (Wildman–Crippen MR) is 70.0 cm³/mol. The molecule has 1 atom stereocenters. The van der Waals surface area contributed by atoms with Gasteiger partial charge in [0.2, 0.25) is 0 Å². The fraction of sp³-hybridized carbons (Fsp3) is 0.143. The largest absolute Gasteiger partial charge is 0.133 e. The highest BCUT2D eigenvalue weighted by molar-refractivity contribution is 7.15. The van der Waals surface area contributed by atoms with Crippen molar-refractivity contribution in [2.45, 2.75) is 13.1 Å². The van der Waals surface area contributed by atoms with E-state index in [2.05, 4.69) is 64.7 Å². The SMILES string of the molecule is Cc1ccc(-c2ccccc2CP)cc1. The predicted octanol–water partition coefficient (Wildman–Crippen LogP) is 4.04. The molecule has 0 saturated heterocycles. The molecule has 0 aromatic heterocycles. The van der Waals surface area contributed by atoms with Crippen LogP contribution in [0.1, 0.15) is 11.1 Å². The number of rotatable bonds is 2. The van der Waals surface area contributed by atoms with Crippen LogP contribution >= 0.6 is 9.24 Å². The van der Waals surface area contributed by atoms with Crippen LogP contribution in [0.4, 0.5) is 0 Å². The second-order valence-electron chi connectivity index (χ2n) is 3.73. The molecule has 0 spiro atoms. The lowest BCUT2D eigenvalue weighted by Gasteiger charge is -2.07. The summed E-state index contributed by atoms with van der Waals surface area (Å²) >= 11 is 0. The van der Waals surface area contributed by atoms with E-state index in [-0.39, 0.29) is 0 Å². The second-order valence-corrected chi connectivity index (χ2v) is 4.14. The molecule has 76 valence electrons. The van der Waals surface area contributed by atoms with Gasteiger partial charge in [-0.15, -0.1) is 9.24 Å². The summed E-state index contributed by atoms with van der Waals surface area (Å²) in [5, 5.41) is 0. The van der Waals surface area contributed by atoms with Gasteiger partial charge in [0.15, 0.2) is 0 Å². The average molecular weight is 214 g/mol. The van der Waals surface area contributed by atoms with Crippen molar-refractivity contribution in [2.75, 3.05) is 0 Å². The normalized spacial score (nSPS) is 10.3. The van der Waals surface area contributed by atoms with Crippen LogP contribution in [0.2, 0.25) is 0 Å². The number of benzene rings is 2. The van der Waals surface area contributed by atoms with Crippen LogP contribution < -0.4 is 0 Å². The summed E-state index contributed by atoms with van der Waals surface area (Å²) in [7, 11) is 2.79. The highest BCUT2D eigenvalue weighted by atomic mass is 31.0. The molecule has 0 aliphatic rings. The lowest BCUT2D eigenvalue weighted by atomic mass is 10.00. The van der Waals surface area contributed by atoms with Gasteiger partial charge in [0, 0.05) is 0 Å². The van der Waals surface area contributed by atoms with Crippen molar-refractivity contribution in [3.63, 3.8) is 0 Å². The zero-order valence-electron chi connectivity index (χ0n) is 8.90. The Bertz CT molecular complexity index is 443. The van der Waals surface area contributed by atoms with Gasteiger partial charge >= 0.3 is 0 Å². The maximum absolute atomic E-state index is 2.79. The maximum atomic E-state index is 2.79. The molecule has 2 aromatic rings. The number of hydrogen-bond donors (Lipinski definition) is 0. The molecule has 0 saturated carbocycles. The van der Waals surface area contributed by atoms with Crippen LogP contribution in [0.15, 0.2) is 48.5 Å². The topological polar surface area (TPSA) is 0 Å². The second kappa shape index (κ2) is 4.59. The molecule has 15 heavy (non-hydrogen) atoms. The summed E-state index contributed by atoms with van der Waals surface area (Å²) in [6, 6.07) is 17.3. The smallest absolute Gasteiger partial charge is 0.0122 e. The van der Waals surface area contributed by atoms with Gasteiger partial charge < -0.3 is 0 Å². The minimum atomic E-state index is 1.00. The highest BCUT2D eigenvalue weighted by Crippen LogP contribution is 2.25. The van der Waals surface area contributed by atoms with E-state index in [0.717, 1.165) is 6.16 Å². The third-order valence-electron chi connectivity index (χ3n) is 2.60. The Kier molecular flexibility index (Phi) is 3.18. The minimum absolute atomic E-state index is 1.00. The van der Waals surface area contributed by atoms with Gasteiger partial charge in [-0.05, 0) is 29.8 Å². The van der Waals surface area contributed by atoms with Gasteiger partial charge in [-0.1, -0.05) is 54.1 Å². The van der Waals surface area contributed by atoms with Gasteiger partial charge in [0.1, 0.15) is 0 Å². The zero-order valence-corrected chi connectivity index (χ0v) is 10.1. The first-order valence-corrected chi connectivity index (χ1v) is 5.98. The molecule has 1 unspecified atom stereocenters. The van der Waals surface area contributed by atoms with Gasteiger partial charge in [-0.25, -0.2) is 0 Å². The monoisotopic (exact) mass is 214 g/mol. The number of aryl methyl sites for hydroxylation is 1. The van der Waals surface area contributed by atoms with Gasteiger partial charge in [0.05, 0.1) is 0 Å². The van der Waals surface area contributed by atoms with E-state index in [1.807, 2.05) is 0 Å². The van der Waals surface area contributed by atoms with Crippen molar-refractivity contribution in [3.05, 3.63) is 59.7 Å². The fourth-order valence-electron chi connectivity index (χ4n) is 1.71. The molecule has 1 heteroatoms. The van der Waals surface area contributed by atoms with Crippen molar-refractivity contribution >= 4 is 9.24 Å². The summed E-state index contributed by atoms with van der Waals surface area (Å²) in [6.45, 7) is 2.12. The van der Waals surface area contributed by atoms with Crippen molar-refractivity contribution in [1.82, 2.24) is 0 Å². The van der Waals surface area contributed by atoms with E-state index in [9.17, 15) is 0 Å². The van der Waals surface area contributed by atoms with E-state index < -0.39 is 0 Å². The van der Waals surface area contributed by atoms with Crippen molar-refractivity contribution in [1.29, 1.82) is 0 Å². The van der Waals surface area contributed by atoms with Crippen LogP contribution in [-0.4, -0.2) is 0 Å². The van der Waals surface area contributed by atoms with E-state index in [4.69, 9.17) is 0 Å². The number of hydrogen-bond acceptors (Lipinski definition) is 0. The Labute approximate surface area is 93.5 Å². The van der Waals surface area contributed by atoms with Crippen LogP contribution in [0.25, 0.3) is 11.1 Å². The lowest BCUT2D eigenvalue weighted by molar-refractivity contribution is 1.40. The first-order valence-electron chi connectivity index (χ1n) is 5.16. The summed E-state index contributed by atoms with van der Waals surface area (Å²) in [5.41, 5.74) is 5.33. The third kappa shape index (κ3) is 2.27. The van der Waals surface area contributed by atoms with Crippen molar-refractivity contribution in [2.24, 2.45) is 0 Å². The Balaban J connectivity index is 2.49. The van der Waals surface area contributed by atoms with Crippen LogP contribution in [-0.2, 0) is 6.16 Å². The molecule has 0 aliphatic carbocycles. The molecule has 2 rings (SSSR count). The standard InChI is InChI=1S/C14H15P/c1-11-6-8-12(9-7-11)14-5-3-2-4-13(14)10-15/h2-9H,10,15H2,1H3. The first-order chi connectivity index (χ1) is 7.31. The third-order valence-corrected chi connectivity index (χ3v) is 3.04. The van der Waals surface area contributed by atoms with E-state index in [0.29, 0.717) is 0 Å². The Morgan fingerprint density at radius 2 is 1.60 bits per heavy atom. The van der Waals surface area contributed by atoms with E-state index >= 15 is 0 Å². The maximum Gasteiger partial charge on any atom is -0.0122 e. The van der Waals surface area contributed by atoms with Gasteiger partial charge in [-0.2, -0.15) is 0 Å². The van der Waals surface area contributed by atoms with E-state index in [1.54, 1.807) is 0 Å². The molecule has 0 radical (unpaired) electrons. The fourth-order valence-corrected chi connectivity index (χ4v) is 2.07. The summed E-state index contributed by atoms with van der Waals surface area (Å²) in [5.74, 6) is 0. The molecular formula is C14H15P. The zero-order chi connectivity index (χ0) is 10.7. The van der Waals surface area contributed by atoms with Crippen LogP contribution in [0.5, 0.6) is 0 Å². The van der Waals surface area contributed by atoms with E-state index in [1.165, 1.54) is 22.3 Å². The Morgan fingerprint density at radius 1 is 0.933 bits per heavy atom. The van der Waals surface area contributed by atoms with Crippen LogP contribution in [0, 0.1) is 6.92 Å². The molecule has 0 nitrogen and oxygen atoms in total. The molecule has 0 fully saturated rings. The molecule has 0 bridgehead atoms. The Hall–Kier alpha value is -1.13. The van der Waals surface area contributed by atoms with Crippen molar-refractivity contribution in [3.8, 4) is 11.1 Å². The molecule has 0 heterocycles. The quantitative estimate of drug-likeness (QED) is 0.662. The van der Waals surface area contributed by atoms with Gasteiger partial charge in [0.25, 0.3) is 0 Å². The molecule has 2 aromatic carbocycles. The van der Waals surface area contributed by atoms with Gasteiger partial charge in [-0.3, -0.25) is 0 Å². The van der Waals surface area contributed by atoms with Crippen molar-refractivity contribution < 1.29 is 0 Å². The molecule has 0 amide bonds. The first kappa shape index (κ1) is 10.4. The summed E-state index contributed by atoms with van der Waals surface area (Å²) < 4.78 is 0. The highest BCUT2D eigenvalue weighted by Gasteiger charge is 2.01. The van der Waals surface area contributed by atoms with Crippen LogP contribution in [0.3, 0.4) is 0 Å².